The number of rotatable bonds is 6. The number of nitrogens with one attached hydrogen (secondary N) is 2. The topological polar surface area (TPSA) is 47.6 Å². The second-order valence-corrected chi connectivity index (χ2v) is 9.96. The molecule has 2 aromatic rings. The van der Waals surface area contributed by atoms with Gasteiger partial charge in [0.1, 0.15) is 0 Å². The van der Waals surface area contributed by atoms with Gasteiger partial charge in [0, 0.05) is 48.5 Å². The fourth-order valence-electron chi connectivity index (χ4n) is 5.63. The summed E-state index contributed by atoms with van der Waals surface area (Å²) in [5.74, 6) is 1.50. The van der Waals surface area contributed by atoms with Crippen molar-refractivity contribution in [2.45, 2.75) is 30.2 Å². The van der Waals surface area contributed by atoms with Crippen molar-refractivity contribution in [2.75, 3.05) is 49.2 Å². The number of benzene rings is 2. The van der Waals surface area contributed by atoms with Gasteiger partial charge in [0.25, 0.3) is 0 Å². The lowest BCUT2D eigenvalue weighted by molar-refractivity contribution is 0.00590. The number of hydrogen-bond donors (Lipinski definition) is 2. The van der Waals surface area contributed by atoms with E-state index in [0.29, 0.717) is 6.04 Å². The molecule has 2 amide bonds. The molecule has 31 heavy (non-hydrogen) atoms. The molecule has 2 N–H and O–H groups in total. The minimum absolute atomic E-state index is 0.105. The quantitative estimate of drug-likeness (QED) is 0.663. The molecule has 0 aromatic heterocycles. The summed E-state index contributed by atoms with van der Waals surface area (Å²) in [4.78, 5) is 18.8. The van der Waals surface area contributed by atoms with Gasteiger partial charge in [-0.05, 0) is 73.7 Å². The summed E-state index contributed by atoms with van der Waals surface area (Å²) < 4.78 is 0. The number of hydrogen-bond acceptors (Lipinski definition) is 4. The Bertz CT molecular complexity index is 935. The van der Waals surface area contributed by atoms with Crippen LogP contribution in [0.4, 0.5) is 16.2 Å². The van der Waals surface area contributed by atoms with E-state index in [0.717, 1.165) is 42.1 Å². The van der Waals surface area contributed by atoms with Crippen LogP contribution in [0.3, 0.4) is 0 Å². The van der Waals surface area contributed by atoms with Gasteiger partial charge in [-0.2, -0.15) is 0 Å². The van der Waals surface area contributed by atoms with Gasteiger partial charge in [0.2, 0.25) is 0 Å². The zero-order valence-corrected chi connectivity index (χ0v) is 19.0. The Morgan fingerprint density at radius 3 is 2.90 bits per heavy atom. The summed E-state index contributed by atoms with van der Waals surface area (Å²) in [6.45, 7) is 5.38. The molecule has 6 heteroatoms. The molecule has 0 spiro atoms. The number of para-hydroxylation sites is 1. The molecule has 5 nitrogen and oxygen atoms in total. The Hall–Kier alpha value is -2.18. The van der Waals surface area contributed by atoms with Gasteiger partial charge in [-0.15, -0.1) is 11.8 Å². The molecule has 0 radical (unpaired) electrons. The Balaban J connectivity index is 1.12. The van der Waals surface area contributed by atoms with E-state index < -0.39 is 0 Å². The standard InChI is InChI=1S/C25H32N4OS/c1-31-23-7-4-6-21(14-23)27-25(30)26-15-22-13-19-10-11-28(22)16-20(19)17-29-12-9-18-5-2-3-8-24(18)29/h2-8,14,19-20,22H,9-13,15-17H2,1H3,(H2,26,27,30)/t19-,20-,22-/m1/s1. The molecule has 6 rings (SSSR count). The third-order valence-electron chi connectivity index (χ3n) is 7.28. The predicted molar refractivity (Wildman–Crippen MR) is 129 cm³/mol. The van der Waals surface area contributed by atoms with E-state index in [9.17, 15) is 4.79 Å². The van der Waals surface area contributed by atoms with Crippen LogP contribution in [0.5, 0.6) is 0 Å². The molecule has 4 aliphatic heterocycles. The van der Waals surface area contributed by atoms with Gasteiger partial charge in [0.15, 0.2) is 0 Å². The third kappa shape index (κ3) is 4.55. The molecule has 2 bridgehead atoms. The maximum atomic E-state index is 12.4. The first-order chi connectivity index (χ1) is 15.2. The van der Waals surface area contributed by atoms with Crippen LogP contribution in [0, 0.1) is 11.8 Å². The lowest BCUT2D eigenvalue weighted by atomic mass is 9.75. The van der Waals surface area contributed by atoms with Crippen LogP contribution in [0.15, 0.2) is 53.4 Å². The zero-order valence-electron chi connectivity index (χ0n) is 18.2. The van der Waals surface area contributed by atoms with Gasteiger partial charge >= 0.3 is 6.03 Å². The van der Waals surface area contributed by atoms with E-state index in [1.165, 1.54) is 43.6 Å². The number of urea groups is 1. The maximum absolute atomic E-state index is 12.4. The second kappa shape index (κ2) is 9.13. The molecular weight excluding hydrogens is 404 g/mol. The first kappa shape index (κ1) is 20.7. The first-order valence-corrected chi connectivity index (χ1v) is 12.7. The molecule has 3 fully saturated rings. The molecule has 3 saturated heterocycles. The van der Waals surface area contributed by atoms with Gasteiger partial charge < -0.3 is 15.5 Å². The molecule has 0 saturated carbocycles. The summed E-state index contributed by atoms with van der Waals surface area (Å²) in [5, 5.41) is 6.09. The second-order valence-electron chi connectivity index (χ2n) is 9.09. The minimum Gasteiger partial charge on any atom is -0.371 e. The number of piperidine rings is 3. The van der Waals surface area contributed by atoms with Crippen LogP contribution in [0.1, 0.15) is 18.4 Å². The van der Waals surface area contributed by atoms with Crippen LogP contribution in [0.2, 0.25) is 0 Å². The molecule has 0 aliphatic carbocycles. The highest BCUT2D eigenvalue weighted by molar-refractivity contribution is 7.98. The lowest BCUT2D eigenvalue weighted by Crippen LogP contribution is -2.58. The number of nitrogens with zero attached hydrogens (tertiary/aromatic N) is 2. The molecule has 4 atom stereocenters. The fraction of sp³-hybridized carbons (Fsp3) is 0.480. The lowest BCUT2D eigenvalue weighted by Gasteiger charge is -2.50. The Morgan fingerprint density at radius 1 is 1.16 bits per heavy atom. The number of carbonyl (C=O) groups excluding carboxylic acids is 1. The normalized spacial score (nSPS) is 26.5. The minimum atomic E-state index is -0.105. The largest absolute Gasteiger partial charge is 0.371 e. The average molecular weight is 437 g/mol. The van der Waals surface area contributed by atoms with Crippen molar-refractivity contribution in [3.05, 3.63) is 54.1 Å². The van der Waals surface area contributed by atoms with E-state index in [1.807, 2.05) is 24.5 Å². The summed E-state index contributed by atoms with van der Waals surface area (Å²) >= 11 is 1.68. The molecule has 4 aliphatic rings. The van der Waals surface area contributed by atoms with Crippen molar-refractivity contribution in [2.24, 2.45) is 11.8 Å². The monoisotopic (exact) mass is 436 g/mol. The molecular formula is C25H32N4OS. The summed E-state index contributed by atoms with van der Waals surface area (Å²) in [6, 6.07) is 17.2. The van der Waals surface area contributed by atoms with E-state index in [2.05, 4.69) is 50.8 Å². The van der Waals surface area contributed by atoms with E-state index >= 15 is 0 Å². The molecule has 164 valence electrons. The first-order valence-electron chi connectivity index (χ1n) is 11.5. The Labute approximate surface area is 189 Å². The van der Waals surface area contributed by atoms with Crippen molar-refractivity contribution >= 4 is 29.2 Å². The van der Waals surface area contributed by atoms with Crippen molar-refractivity contribution in [1.29, 1.82) is 0 Å². The summed E-state index contributed by atoms with van der Waals surface area (Å²) in [6.07, 6.45) is 5.72. The number of anilines is 2. The van der Waals surface area contributed by atoms with Gasteiger partial charge in [-0.25, -0.2) is 4.79 Å². The van der Waals surface area contributed by atoms with Gasteiger partial charge in [0.05, 0.1) is 0 Å². The Kier molecular flexibility index (Phi) is 6.10. The third-order valence-corrected chi connectivity index (χ3v) is 8.00. The van der Waals surface area contributed by atoms with Crippen LogP contribution in [-0.4, -0.2) is 56.0 Å². The van der Waals surface area contributed by atoms with Crippen molar-refractivity contribution < 1.29 is 4.79 Å². The highest BCUT2D eigenvalue weighted by Gasteiger charge is 2.41. The van der Waals surface area contributed by atoms with Crippen LogP contribution in [0.25, 0.3) is 0 Å². The predicted octanol–water partition coefficient (Wildman–Crippen LogP) is 4.30. The van der Waals surface area contributed by atoms with E-state index in [1.54, 1.807) is 11.8 Å². The number of thioether (sulfide) groups is 1. The highest BCUT2D eigenvalue weighted by atomic mass is 32.2. The SMILES string of the molecule is CSc1cccc(NC(=O)NC[C@H]2C[C@H]3CCN2C[C@@H]3CN2CCc3ccccc32)c1. The number of amides is 2. The fourth-order valence-corrected chi connectivity index (χ4v) is 6.09. The van der Waals surface area contributed by atoms with Gasteiger partial charge in [-0.1, -0.05) is 24.3 Å². The zero-order chi connectivity index (χ0) is 21.2. The average Bonchev–Trinajstić information content (AvgIpc) is 3.21. The molecule has 1 unspecified atom stereocenters. The van der Waals surface area contributed by atoms with Crippen molar-refractivity contribution in [3.63, 3.8) is 0 Å². The van der Waals surface area contributed by atoms with Crippen LogP contribution < -0.4 is 15.5 Å². The van der Waals surface area contributed by atoms with Gasteiger partial charge in [-0.3, -0.25) is 4.90 Å². The Morgan fingerprint density at radius 2 is 2.06 bits per heavy atom. The van der Waals surface area contributed by atoms with Crippen molar-refractivity contribution in [3.8, 4) is 0 Å². The summed E-state index contributed by atoms with van der Waals surface area (Å²) in [7, 11) is 0. The van der Waals surface area contributed by atoms with Crippen LogP contribution >= 0.6 is 11.8 Å². The van der Waals surface area contributed by atoms with E-state index in [4.69, 9.17) is 0 Å². The number of fused-ring (bicyclic) bond motifs is 4. The number of carbonyl (C=O) groups is 1. The van der Waals surface area contributed by atoms with E-state index in [-0.39, 0.29) is 6.03 Å². The molecule has 2 aromatic carbocycles. The smallest absolute Gasteiger partial charge is 0.319 e. The van der Waals surface area contributed by atoms with Crippen molar-refractivity contribution in [1.82, 2.24) is 10.2 Å². The molecule has 4 heterocycles. The summed E-state index contributed by atoms with van der Waals surface area (Å²) in [5.41, 5.74) is 3.79. The van der Waals surface area contributed by atoms with Crippen LogP contribution in [-0.2, 0) is 6.42 Å². The highest BCUT2D eigenvalue weighted by Crippen LogP contribution is 2.38. The maximum Gasteiger partial charge on any atom is 0.319 e.